The van der Waals surface area contributed by atoms with Crippen LogP contribution in [0.1, 0.15) is 64.9 Å². The molecule has 2 amide bonds. The summed E-state index contributed by atoms with van der Waals surface area (Å²) in [5.74, 6) is 0.620. The van der Waals surface area contributed by atoms with Crippen molar-refractivity contribution in [3.8, 4) is 0 Å². The lowest BCUT2D eigenvalue weighted by molar-refractivity contribution is -0.138. The van der Waals surface area contributed by atoms with Gasteiger partial charge in [-0.3, -0.25) is 9.59 Å². The molecule has 0 bridgehead atoms. The van der Waals surface area contributed by atoms with Gasteiger partial charge in [0.2, 0.25) is 11.8 Å². The van der Waals surface area contributed by atoms with Gasteiger partial charge in [0.05, 0.1) is 0 Å². The molecule has 1 aromatic rings. The van der Waals surface area contributed by atoms with Crippen LogP contribution in [0.5, 0.6) is 0 Å². The zero-order chi connectivity index (χ0) is 20.0. The van der Waals surface area contributed by atoms with Crippen molar-refractivity contribution >= 4 is 11.8 Å². The maximum absolute atomic E-state index is 13.1. The first kappa shape index (κ1) is 21.4. The molecule has 1 aliphatic heterocycles. The van der Waals surface area contributed by atoms with Crippen LogP contribution in [0.15, 0.2) is 24.3 Å². The molecule has 0 aromatic heterocycles. The number of nitrogens with zero attached hydrogens (tertiary/aromatic N) is 1. The maximum Gasteiger partial charge on any atom is 0.245 e. The molecular weight excluding hydrogens is 343 g/mol. The highest BCUT2D eigenvalue weighted by Gasteiger charge is 2.31. The minimum absolute atomic E-state index is 0.0143. The number of piperidine rings is 1. The molecule has 4 nitrogen and oxygen atoms in total. The summed E-state index contributed by atoms with van der Waals surface area (Å²) in [6.45, 7) is 9.46. The first-order valence-electron chi connectivity index (χ1n) is 10.1. The Labute approximate surface area is 162 Å². The summed E-state index contributed by atoms with van der Waals surface area (Å²) < 4.78 is 13.1. The van der Waals surface area contributed by atoms with E-state index in [2.05, 4.69) is 19.2 Å². The molecule has 2 rings (SSSR count). The van der Waals surface area contributed by atoms with Crippen LogP contribution in [0.25, 0.3) is 0 Å². The summed E-state index contributed by atoms with van der Waals surface area (Å²) in [5, 5.41) is 2.95. The highest BCUT2D eigenvalue weighted by Crippen LogP contribution is 2.28. The molecule has 0 aliphatic carbocycles. The third-order valence-electron chi connectivity index (χ3n) is 5.35. The summed E-state index contributed by atoms with van der Waals surface area (Å²) in [6, 6.07) is 6.20. The van der Waals surface area contributed by atoms with Gasteiger partial charge >= 0.3 is 0 Å². The number of carbonyl (C=O) groups is 2. The molecule has 1 aliphatic rings. The molecule has 1 N–H and O–H groups in total. The van der Waals surface area contributed by atoms with Crippen LogP contribution >= 0.6 is 0 Å². The van der Waals surface area contributed by atoms with Crippen LogP contribution < -0.4 is 5.32 Å². The summed E-state index contributed by atoms with van der Waals surface area (Å²) in [7, 11) is 0. The normalized spacial score (nSPS) is 16.6. The fourth-order valence-electron chi connectivity index (χ4n) is 3.54. The van der Waals surface area contributed by atoms with E-state index >= 15 is 0 Å². The average Bonchev–Trinajstić information content (AvgIpc) is 2.64. The number of carbonyl (C=O) groups excluding carboxylic acids is 2. The van der Waals surface area contributed by atoms with Gasteiger partial charge in [-0.1, -0.05) is 39.8 Å². The van der Waals surface area contributed by atoms with Crippen LogP contribution in [0, 0.1) is 17.7 Å². The maximum atomic E-state index is 13.1. The summed E-state index contributed by atoms with van der Waals surface area (Å²) >= 11 is 0. The molecule has 1 heterocycles. The van der Waals surface area contributed by atoms with Gasteiger partial charge in [0.25, 0.3) is 0 Å². The average molecular weight is 377 g/mol. The van der Waals surface area contributed by atoms with Gasteiger partial charge in [0.15, 0.2) is 0 Å². The minimum atomic E-state index is -0.466. The van der Waals surface area contributed by atoms with E-state index in [1.165, 1.54) is 12.1 Å². The molecule has 27 heavy (non-hydrogen) atoms. The van der Waals surface area contributed by atoms with Crippen molar-refractivity contribution in [3.63, 3.8) is 0 Å². The quantitative estimate of drug-likeness (QED) is 0.779. The van der Waals surface area contributed by atoms with E-state index in [1.54, 1.807) is 0 Å². The molecular formula is C22H33FN2O2. The van der Waals surface area contributed by atoms with Crippen LogP contribution in [0.2, 0.25) is 0 Å². The summed E-state index contributed by atoms with van der Waals surface area (Å²) in [6.07, 6.45) is 3.02. The largest absolute Gasteiger partial charge is 0.344 e. The lowest BCUT2D eigenvalue weighted by atomic mass is 9.89. The summed E-state index contributed by atoms with van der Waals surface area (Å²) in [5.41, 5.74) is 1.13. The van der Waals surface area contributed by atoms with Crippen molar-refractivity contribution in [2.75, 3.05) is 13.1 Å². The molecule has 1 saturated heterocycles. The Bertz CT molecular complexity index is 620. The molecule has 0 radical (unpaired) electrons. The first-order chi connectivity index (χ1) is 12.8. The standard InChI is InChI=1S/C22H33FN2O2/c1-15(2)5-10-20(26)24-21(16(3)4)22(27)25-13-11-18(12-14-25)17-6-8-19(23)9-7-17/h6-9,15-16,18,21H,5,10-14H2,1-4H3,(H,24,26)/t21-/m1/s1. The van der Waals surface area contributed by atoms with Crippen molar-refractivity contribution < 1.29 is 14.0 Å². The number of halogens is 1. The number of rotatable bonds is 7. The number of hydrogen-bond acceptors (Lipinski definition) is 2. The van der Waals surface area contributed by atoms with Crippen LogP contribution in [0.4, 0.5) is 4.39 Å². The highest BCUT2D eigenvalue weighted by molar-refractivity contribution is 5.88. The predicted octanol–water partition coefficient (Wildman–Crippen LogP) is 4.11. The number of nitrogens with one attached hydrogen (secondary N) is 1. The topological polar surface area (TPSA) is 49.4 Å². The molecule has 0 unspecified atom stereocenters. The van der Waals surface area contributed by atoms with Crippen LogP contribution in [0.3, 0.4) is 0 Å². The van der Waals surface area contributed by atoms with Gasteiger partial charge in [0, 0.05) is 19.5 Å². The van der Waals surface area contributed by atoms with E-state index in [9.17, 15) is 14.0 Å². The van der Waals surface area contributed by atoms with Crippen molar-refractivity contribution in [2.24, 2.45) is 11.8 Å². The number of hydrogen-bond donors (Lipinski definition) is 1. The van der Waals surface area contributed by atoms with Crippen LogP contribution in [-0.4, -0.2) is 35.8 Å². The number of amides is 2. The second-order valence-corrected chi connectivity index (χ2v) is 8.37. The van der Waals surface area contributed by atoms with Gasteiger partial charge in [-0.05, 0) is 54.7 Å². The van der Waals surface area contributed by atoms with E-state index in [0.29, 0.717) is 31.3 Å². The molecule has 0 saturated carbocycles. The Hall–Kier alpha value is -1.91. The van der Waals surface area contributed by atoms with E-state index < -0.39 is 6.04 Å². The third kappa shape index (κ3) is 6.33. The predicted molar refractivity (Wildman–Crippen MR) is 106 cm³/mol. The molecule has 150 valence electrons. The molecule has 5 heteroatoms. The Balaban J connectivity index is 1.91. The van der Waals surface area contributed by atoms with Crippen molar-refractivity contribution in [2.45, 2.75) is 65.3 Å². The zero-order valence-corrected chi connectivity index (χ0v) is 17.0. The molecule has 0 spiro atoms. The van der Waals surface area contributed by atoms with E-state index in [4.69, 9.17) is 0 Å². The first-order valence-corrected chi connectivity index (χ1v) is 10.1. The third-order valence-corrected chi connectivity index (χ3v) is 5.35. The molecule has 1 aromatic carbocycles. The highest BCUT2D eigenvalue weighted by atomic mass is 19.1. The zero-order valence-electron chi connectivity index (χ0n) is 17.0. The van der Waals surface area contributed by atoms with Gasteiger partial charge in [-0.2, -0.15) is 0 Å². The second kappa shape index (κ2) is 9.86. The smallest absolute Gasteiger partial charge is 0.245 e. The van der Waals surface area contributed by atoms with Crippen LogP contribution in [-0.2, 0) is 9.59 Å². The number of likely N-dealkylation sites (tertiary alicyclic amines) is 1. The second-order valence-electron chi connectivity index (χ2n) is 8.37. The van der Waals surface area contributed by atoms with E-state index in [1.807, 2.05) is 30.9 Å². The molecule has 1 atom stereocenters. The van der Waals surface area contributed by atoms with E-state index in [0.717, 1.165) is 24.8 Å². The van der Waals surface area contributed by atoms with Gasteiger partial charge in [-0.25, -0.2) is 4.39 Å². The van der Waals surface area contributed by atoms with Crippen molar-refractivity contribution in [3.05, 3.63) is 35.6 Å². The van der Waals surface area contributed by atoms with Gasteiger partial charge in [0.1, 0.15) is 11.9 Å². The summed E-state index contributed by atoms with van der Waals surface area (Å²) in [4.78, 5) is 27.0. The van der Waals surface area contributed by atoms with Gasteiger partial charge in [-0.15, -0.1) is 0 Å². The Kier molecular flexibility index (Phi) is 7.81. The lowest BCUT2D eigenvalue weighted by Gasteiger charge is -2.35. The Morgan fingerprint density at radius 1 is 1.11 bits per heavy atom. The van der Waals surface area contributed by atoms with Gasteiger partial charge < -0.3 is 10.2 Å². The fraction of sp³-hybridized carbons (Fsp3) is 0.636. The van der Waals surface area contributed by atoms with Crippen molar-refractivity contribution in [1.82, 2.24) is 10.2 Å². The monoisotopic (exact) mass is 376 g/mol. The van der Waals surface area contributed by atoms with E-state index in [-0.39, 0.29) is 23.5 Å². The number of benzene rings is 1. The lowest BCUT2D eigenvalue weighted by Crippen LogP contribution is -2.52. The SMILES string of the molecule is CC(C)CCC(=O)N[C@@H](C(=O)N1CCC(c2ccc(F)cc2)CC1)C(C)C. The fourth-order valence-corrected chi connectivity index (χ4v) is 3.54. The minimum Gasteiger partial charge on any atom is -0.344 e. The molecule has 1 fully saturated rings. The van der Waals surface area contributed by atoms with Crippen molar-refractivity contribution in [1.29, 1.82) is 0 Å². The Morgan fingerprint density at radius 2 is 1.70 bits per heavy atom. The Morgan fingerprint density at radius 3 is 2.22 bits per heavy atom.